The van der Waals surface area contributed by atoms with Crippen LogP contribution in [0.15, 0.2) is 41.2 Å². The van der Waals surface area contributed by atoms with Gasteiger partial charge in [0.15, 0.2) is 5.69 Å². The van der Waals surface area contributed by atoms with E-state index in [4.69, 9.17) is 0 Å². The molecule has 0 atom stereocenters. The summed E-state index contributed by atoms with van der Waals surface area (Å²) in [6.07, 6.45) is 0. The van der Waals surface area contributed by atoms with Gasteiger partial charge in [0.25, 0.3) is 11.5 Å². The van der Waals surface area contributed by atoms with E-state index in [1.54, 1.807) is 24.3 Å². The van der Waals surface area contributed by atoms with Crippen LogP contribution < -0.4 is 10.9 Å². The molecular weight excluding hydrogens is 302 g/mol. The van der Waals surface area contributed by atoms with E-state index in [-0.39, 0.29) is 17.2 Å². The molecule has 0 bridgehead atoms. The monoisotopic (exact) mass is 321 g/mol. The van der Waals surface area contributed by atoms with E-state index in [0.29, 0.717) is 17.3 Å². The lowest BCUT2D eigenvalue weighted by Crippen LogP contribution is -2.26. The first-order chi connectivity index (χ1) is 11.5. The first-order valence-electron chi connectivity index (χ1n) is 7.79. The molecule has 0 aliphatic carbocycles. The highest BCUT2D eigenvalue weighted by atomic mass is 16.2. The first kappa shape index (κ1) is 15.9. The topological polar surface area (TPSA) is 74.8 Å². The molecule has 122 valence electrons. The van der Waals surface area contributed by atoms with Gasteiger partial charge >= 0.3 is 0 Å². The summed E-state index contributed by atoms with van der Waals surface area (Å²) in [5.41, 5.74) is 4.52. The van der Waals surface area contributed by atoms with E-state index in [9.17, 15) is 9.59 Å². The van der Waals surface area contributed by atoms with Gasteiger partial charge in [0.05, 0.1) is 5.39 Å². The number of amides is 1. The molecule has 1 amide bonds. The van der Waals surface area contributed by atoms with Crippen molar-refractivity contribution in [2.75, 3.05) is 0 Å². The van der Waals surface area contributed by atoms with Crippen LogP contribution in [-0.4, -0.2) is 16.1 Å². The Morgan fingerprint density at radius 3 is 2.38 bits per heavy atom. The van der Waals surface area contributed by atoms with E-state index >= 15 is 0 Å². The van der Waals surface area contributed by atoms with Crippen molar-refractivity contribution in [3.63, 3.8) is 0 Å². The molecule has 0 saturated carbocycles. The van der Waals surface area contributed by atoms with Crippen LogP contribution in [0.1, 0.15) is 32.7 Å². The number of hydrogen-bond acceptors (Lipinski definition) is 3. The molecule has 5 nitrogen and oxygen atoms in total. The third kappa shape index (κ3) is 2.93. The van der Waals surface area contributed by atoms with Crippen LogP contribution in [0, 0.1) is 20.8 Å². The number of nitrogens with zero attached hydrogens (tertiary/aromatic N) is 1. The SMILES string of the molecule is Cc1cc(C)c(CNC(=O)c2n[nH]c(=O)c3ccccc23)c(C)c1. The quantitative estimate of drug-likeness (QED) is 0.779. The number of carbonyl (C=O) groups is 1. The van der Waals surface area contributed by atoms with Gasteiger partial charge in [-0.2, -0.15) is 5.10 Å². The summed E-state index contributed by atoms with van der Waals surface area (Å²) < 4.78 is 0. The van der Waals surface area contributed by atoms with Crippen LogP contribution in [0.2, 0.25) is 0 Å². The van der Waals surface area contributed by atoms with Crippen LogP contribution in [-0.2, 0) is 6.54 Å². The van der Waals surface area contributed by atoms with Crippen molar-refractivity contribution in [1.82, 2.24) is 15.5 Å². The second-order valence-corrected chi connectivity index (χ2v) is 6.01. The third-order valence-corrected chi connectivity index (χ3v) is 4.18. The Labute approximate surface area is 139 Å². The number of nitrogens with one attached hydrogen (secondary N) is 2. The molecule has 0 aliphatic rings. The number of aromatic amines is 1. The maximum atomic E-state index is 12.5. The number of H-pyrrole nitrogens is 1. The van der Waals surface area contributed by atoms with Crippen molar-refractivity contribution in [1.29, 1.82) is 0 Å². The van der Waals surface area contributed by atoms with E-state index < -0.39 is 0 Å². The number of hydrogen-bond donors (Lipinski definition) is 2. The van der Waals surface area contributed by atoms with Crippen LogP contribution >= 0.6 is 0 Å². The molecule has 0 fully saturated rings. The standard InChI is InChI=1S/C19H19N3O2/c1-11-8-12(2)16(13(3)9-11)10-20-19(24)17-14-6-4-5-7-15(14)18(23)22-21-17/h4-9H,10H2,1-3H3,(H,20,24)(H,22,23). The lowest BCUT2D eigenvalue weighted by Gasteiger charge is -2.12. The zero-order chi connectivity index (χ0) is 17.3. The molecule has 1 aromatic heterocycles. The van der Waals surface area contributed by atoms with Crippen LogP contribution in [0.25, 0.3) is 10.8 Å². The van der Waals surface area contributed by atoms with Gasteiger partial charge in [-0.25, -0.2) is 5.10 Å². The Morgan fingerprint density at radius 1 is 1.08 bits per heavy atom. The number of fused-ring (bicyclic) bond motifs is 1. The fourth-order valence-electron chi connectivity index (χ4n) is 3.03. The predicted molar refractivity (Wildman–Crippen MR) is 94.2 cm³/mol. The van der Waals surface area contributed by atoms with E-state index in [1.807, 2.05) is 13.8 Å². The highest BCUT2D eigenvalue weighted by molar-refractivity contribution is 6.04. The molecule has 0 radical (unpaired) electrons. The van der Waals surface area contributed by atoms with Gasteiger partial charge in [-0.1, -0.05) is 35.9 Å². The molecule has 3 aromatic rings. The van der Waals surface area contributed by atoms with E-state index in [1.165, 1.54) is 5.56 Å². The van der Waals surface area contributed by atoms with Gasteiger partial charge in [0.1, 0.15) is 0 Å². The lowest BCUT2D eigenvalue weighted by molar-refractivity contribution is 0.0946. The molecular formula is C19H19N3O2. The smallest absolute Gasteiger partial charge is 0.272 e. The van der Waals surface area contributed by atoms with Gasteiger partial charge in [-0.05, 0) is 43.5 Å². The predicted octanol–water partition coefficient (Wildman–Crippen LogP) is 2.78. The summed E-state index contributed by atoms with van der Waals surface area (Å²) in [5.74, 6) is -0.304. The lowest BCUT2D eigenvalue weighted by atomic mass is 10.00. The van der Waals surface area contributed by atoms with Crippen LogP contribution in [0.5, 0.6) is 0 Å². The van der Waals surface area contributed by atoms with Crippen LogP contribution in [0.4, 0.5) is 0 Å². The van der Waals surface area contributed by atoms with Gasteiger partial charge in [0, 0.05) is 11.9 Å². The van der Waals surface area contributed by atoms with Gasteiger partial charge < -0.3 is 5.32 Å². The normalized spacial score (nSPS) is 10.8. The number of carbonyl (C=O) groups excluding carboxylic acids is 1. The zero-order valence-electron chi connectivity index (χ0n) is 13.9. The van der Waals surface area contributed by atoms with Crippen LogP contribution in [0.3, 0.4) is 0 Å². The van der Waals surface area contributed by atoms with Gasteiger partial charge in [-0.3, -0.25) is 9.59 Å². The maximum absolute atomic E-state index is 12.5. The molecule has 0 unspecified atom stereocenters. The summed E-state index contributed by atoms with van der Waals surface area (Å²) in [7, 11) is 0. The largest absolute Gasteiger partial charge is 0.347 e. The van der Waals surface area contributed by atoms with Crippen molar-refractivity contribution in [3.8, 4) is 0 Å². The van der Waals surface area contributed by atoms with E-state index in [0.717, 1.165) is 16.7 Å². The minimum atomic E-state index is -0.304. The fraction of sp³-hybridized carbons (Fsp3) is 0.211. The van der Waals surface area contributed by atoms with Crippen molar-refractivity contribution < 1.29 is 4.79 Å². The Morgan fingerprint density at radius 2 is 1.71 bits per heavy atom. The second-order valence-electron chi connectivity index (χ2n) is 6.01. The number of benzene rings is 2. The Kier molecular flexibility index (Phi) is 4.16. The third-order valence-electron chi connectivity index (χ3n) is 4.18. The van der Waals surface area contributed by atoms with Crippen molar-refractivity contribution in [3.05, 3.63) is 74.7 Å². The minimum absolute atomic E-state index is 0.229. The Bertz CT molecular complexity index is 966. The minimum Gasteiger partial charge on any atom is -0.347 e. The molecule has 0 spiro atoms. The molecule has 3 rings (SSSR count). The summed E-state index contributed by atoms with van der Waals surface area (Å²) in [6.45, 7) is 6.55. The summed E-state index contributed by atoms with van der Waals surface area (Å²) in [6, 6.07) is 11.2. The van der Waals surface area contributed by atoms with Crippen molar-refractivity contribution in [2.45, 2.75) is 27.3 Å². The number of aromatic nitrogens is 2. The van der Waals surface area contributed by atoms with Gasteiger partial charge in [0.2, 0.25) is 0 Å². The van der Waals surface area contributed by atoms with Crippen molar-refractivity contribution >= 4 is 16.7 Å². The Balaban J connectivity index is 1.90. The summed E-state index contributed by atoms with van der Waals surface area (Å²) >= 11 is 0. The zero-order valence-corrected chi connectivity index (χ0v) is 13.9. The highest BCUT2D eigenvalue weighted by Crippen LogP contribution is 2.17. The second kappa shape index (κ2) is 6.28. The molecule has 0 aliphatic heterocycles. The summed E-state index contributed by atoms with van der Waals surface area (Å²) in [4.78, 5) is 24.3. The molecule has 0 saturated heterocycles. The fourth-order valence-corrected chi connectivity index (χ4v) is 3.03. The average molecular weight is 321 g/mol. The Hall–Kier alpha value is -2.95. The highest BCUT2D eigenvalue weighted by Gasteiger charge is 2.14. The van der Waals surface area contributed by atoms with E-state index in [2.05, 4.69) is 34.6 Å². The summed E-state index contributed by atoms with van der Waals surface area (Å²) in [5, 5.41) is 10.2. The molecule has 2 aromatic carbocycles. The molecule has 1 heterocycles. The molecule has 24 heavy (non-hydrogen) atoms. The van der Waals surface area contributed by atoms with Gasteiger partial charge in [-0.15, -0.1) is 0 Å². The number of aryl methyl sites for hydroxylation is 3. The maximum Gasteiger partial charge on any atom is 0.272 e. The van der Waals surface area contributed by atoms with Crippen molar-refractivity contribution in [2.24, 2.45) is 0 Å². The molecule has 2 N–H and O–H groups in total. The number of rotatable bonds is 3. The average Bonchev–Trinajstić information content (AvgIpc) is 2.54. The first-order valence-corrected chi connectivity index (χ1v) is 7.79. The molecule has 5 heteroatoms.